The summed E-state index contributed by atoms with van der Waals surface area (Å²) in [5.74, 6) is 2.37. The van der Waals surface area contributed by atoms with Gasteiger partial charge in [-0.25, -0.2) is 0 Å². The van der Waals surface area contributed by atoms with Gasteiger partial charge in [0, 0.05) is 24.2 Å². The van der Waals surface area contributed by atoms with Crippen molar-refractivity contribution in [3.05, 3.63) is 81.0 Å². The van der Waals surface area contributed by atoms with Crippen LogP contribution in [0.3, 0.4) is 0 Å². The van der Waals surface area contributed by atoms with Crippen molar-refractivity contribution in [2.45, 2.75) is 38.3 Å². The fourth-order valence-electron chi connectivity index (χ4n) is 5.84. The number of benzene rings is 2. The average Bonchev–Trinajstić information content (AvgIpc) is 2.94. The summed E-state index contributed by atoms with van der Waals surface area (Å²) in [6.07, 6.45) is 4.97. The van der Waals surface area contributed by atoms with Crippen molar-refractivity contribution in [3.8, 4) is 5.75 Å². The van der Waals surface area contributed by atoms with Crippen LogP contribution < -0.4 is 15.9 Å². The molecule has 0 aliphatic carbocycles. The molecule has 0 spiro atoms. The molecule has 0 saturated carbocycles. The number of H-pyrrole nitrogens is 2. The molecule has 188 valence electrons. The van der Waals surface area contributed by atoms with Gasteiger partial charge in [-0.1, -0.05) is 25.5 Å². The number of nitrogens with one attached hydrogen (secondary N) is 2. The molecule has 0 amide bonds. The second kappa shape index (κ2) is 10.2. The molecule has 5 heterocycles. The summed E-state index contributed by atoms with van der Waals surface area (Å²) >= 11 is 0. The van der Waals surface area contributed by atoms with E-state index in [1.165, 1.54) is 12.8 Å². The first-order chi connectivity index (χ1) is 17.5. The number of rotatable bonds is 4. The Morgan fingerprint density at radius 1 is 1.08 bits per heavy atom. The molecule has 0 radical (unpaired) electrons. The van der Waals surface area contributed by atoms with Gasteiger partial charge in [0.1, 0.15) is 5.75 Å². The van der Waals surface area contributed by atoms with Crippen molar-refractivity contribution in [1.82, 2.24) is 20.1 Å². The van der Waals surface area contributed by atoms with Gasteiger partial charge in [0.25, 0.3) is 11.1 Å². The summed E-state index contributed by atoms with van der Waals surface area (Å²) < 4.78 is 5.36. The zero-order valence-electron chi connectivity index (χ0n) is 20.6. The van der Waals surface area contributed by atoms with Gasteiger partial charge in [-0.3, -0.25) is 29.7 Å². The van der Waals surface area contributed by atoms with Crippen LogP contribution in [0, 0.1) is 11.8 Å². The van der Waals surface area contributed by atoms with Gasteiger partial charge < -0.3 is 9.84 Å². The smallest absolute Gasteiger partial charge is 0.270 e. The number of aromatic nitrogens is 3. The van der Waals surface area contributed by atoms with E-state index >= 15 is 0 Å². The number of fused-ring (bicyclic) bond motifs is 5. The van der Waals surface area contributed by atoms with E-state index in [1.54, 1.807) is 37.6 Å². The molecule has 2 bridgehead atoms. The van der Waals surface area contributed by atoms with Gasteiger partial charge >= 0.3 is 0 Å². The number of nitrogens with zero attached hydrogens (tertiary/aromatic N) is 2. The van der Waals surface area contributed by atoms with E-state index in [0.29, 0.717) is 10.8 Å². The van der Waals surface area contributed by atoms with Crippen LogP contribution in [0.15, 0.2) is 64.3 Å². The maximum atomic E-state index is 11.2. The second-order valence-electron chi connectivity index (χ2n) is 9.70. The number of methoxy groups -OCH3 is 1. The molecule has 3 saturated heterocycles. The van der Waals surface area contributed by atoms with Crippen LogP contribution in [0.5, 0.6) is 5.75 Å². The minimum absolute atomic E-state index is 0.225. The van der Waals surface area contributed by atoms with E-state index in [9.17, 15) is 14.7 Å². The molecule has 2 aromatic carbocycles. The highest BCUT2D eigenvalue weighted by atomic mass is 16.5. The third-order valence-electron chi connectivity index (χ3n) is 7.83. The molecular weight excluding hydrogens is 456 g/mol. The van der Waals surface area contributed by atoms with Crippen molar-refractivity contribution in [3.63, 3.8) is 0 Å². The van der Waals surface area contributed by atoms with E-state index in [-0.39, 0.29) is 17.2 Å². The summed E-state index contributed by atoms with van der Waals surface area (Å²) in [7, 11) is 1.67. The molecule has 3 aliphatic rings. The van der Waals surface area contributed by atoms with Crippen LogP contribution in [-0.4, -0.2) is 51.4 Å². The van der Waals surface area contributed by atoms with Crippen molar-refractivity contribution in [2.24, 2.45) is 11.8 Å². The largest absolute Gasteiger partial charge is 0.497 e. The van der Waals surface area contributed by atoms with Gasteiger partial charge in [0.15, 0.2) is 0 Å². The average molecular weight is 489 g/mol. The first-order valence-electron chi connectivity index (χ1n) is 12.5. The SMILES string of the molecule is CC[C@H]1CN2CC[C@H]1C[C@H]2[C@H](O)c1ccnc2ccc(OC)cc12.O=c1[nH][nH]c(=O)c2ccccc12. The van der Waals surface area contributed by atoms with Gasteiger partial charge in [-0.15, -0.1) is 0 Å². The number of aromatic amines is 2. The van der Waals surface area contributed by atoms with Crippen molar-refractivity contribution < 1.29 is 9.84 Å². The minimum atomic E-state index is -0.469. The lowest BCUT2D eigenvalue weighted by Gasteiger charge is -2.51. The number of hydrogen-bond donors (Lipinski definition) is 3. The monoisotopic (exact) mass is 488 g/mol. The maximum absolute atomic E-state index is 11.2. The molecule has 3 N–H and O–H groups in total. The first-order valence-corrected chi connectivity index (χ1v) is 12.5. The third kappa shape index (κ3) is 4.54. The summed E-state index contributed by atoms with van der Waals surface area (Å²) in [5, 5.41) is 17.5. The van der Waals surface area contributed by atoms with Crippen molar-refractivity contribution in [2.75, 3.05) is 20.2 Å². The molecule has 8 nitrogen and oxygen atoms in total. The number of pyridine rings is 1. The van der Waals surface area contributed by atoms with Crippen LogP contribution in [0.25, 0.3) is 21.7 Å². The lowest BCUT2D eigenvalue weighted by Crippen LogP contribution is -2.55. The minimum Gasteiger partial charge on any atom is -0.497 e. The Hall–Kier alpha value is -3.49. The van der Waals surface area contributed by atoms with E-state index in [4.69, 9.17) is 4.74 Å². The predicted molar refractivity (Wildman–Crippen MR) is 140 cm³/mol. The van der Waals surface area contributed by atoms with E-state index < -0.39 is 6.10 Å². The Kier molecular flexibility index (Phi) is 6.89. The van der Waals surface area contributed by atoms with Crippen LogP contribution >= 0.6 is 0 Å². The summed E-state index contributed by atoms with van der Waals surface area (Å²) in [6.45, 7) is 4.55. The molecule has 5 atom stereocenters. The number of aliphatic hydroxyl groups is 1. The van der Waals surface area contributed by atoms with E-state index in [1.807, 2.05) is 24.3 Å². The Bertz CT molecular complexity index is 1430. The van der Waals surface area contributed by atoms with Gasteiger partial charge in [-0.05, 0) is 73.2 Å². The Labute approximate surface area is 208 Å². The van der Waals surface area contributed by atoms with Crippen LogP contribution in [-0.2, 0) is 0 Å². The predicted octanol–water partition coefficient (Wildman–Crippen LogP) is 3.61. The number of piperidine rings is 3. The Balaban J connectivity index is 0.000000186. The number of ether oxygens (including phenoxy) is 1. The van der Waals surface area contributed by atoms with Crippen LogP contribution in [0.1, 0.15) is 37.9 Å². The summed E-state index contributed by atoms with van der Waals surface area (Å²) in [6, 6.07) is 14.7. The van der Waals surface area contributed by atoms with Crippen molar-refractivity contribution in [1.29, 1.82) is 0 Å². The highest BCUT2D eigenvalue weighted by Gasteiger charge is 2.42. The normalized spacial score (nSPS) is 23.8. The molecule has 3 aliphatic heterocycles. The topological polar surface area (TPSA) is 111 Å². The lowest BCUT2D eigenvalue weighted by atomic mass is 9.72. The van der Waals surface area contributed by atoms with Gasteiger partial charge in [0.05, 0.1) is 29.5 Å². The zero-order valence-corrected chi connectivity index (χ0v) is 20.6. The van der Waals surface area contributed by atoms with E-state index in [0.717, 1.165) is 53.6 Å². The molecule has 7 rings (SSSR count). The first kappa shape index (κ1) is 24.2. The summed E-state index contributed by atoms with van der Waals surface area (Å²) in [5.41, 5.74) is 1.34. The Morgan fingerprint density at radius 2 is 1.81 bits per heavy atom. The lowest BCUT2D eigenvalue weighted by molar-refractivity contribution is -0.0562. The zero-order chi connectivity index (χ0) is 25.2. The third-order valence-corrected chi connectivity index (χ3v) is 7.83. The molecule has 8 heteroatoms. The fraction of sp³-hybridized carbons (Fsp3) is 0.393. The highest BCUT2D eigenvalue weighted by molar-refractivity contribution is 5.84. The molecular formula is C28H32N4O4. The quantitative estimate of drug-likeness (QED) is 0.405. The van der Waals surface area contributed by atoms with E-state index in [2.05, 4.69) is 27.0 Å². The van der Waals surface area contributed by atoms with Gasteiger partial charge in [0.2, 0.25) is 0 Å². The van der Waals surface area contributed by atoms with Gasteiger partial charge in [-0.2, -0.15) is 0 Å². The van der Waals surface area contributed by atoms with Crippen LogP contribution in [0.4, 0.5) is 0 Å². The fourth-order valence-corrected chi connectivity index (χ4v) is 5.84. The number of aliphatic hydroxyl groups excluding tert-OH is 1. The molecule has 4 aromatic rings. The van der Waals surface area contributed by atoms with Crippen LogP contribution in [0.2, 0.25) is 0 Å². The standard InChI is InChI=1S/C20H26N2O2.C8H6N2O2/c1-3-13-12-22-9-7-14(13)10-19(22)20(23)16-6-8-21-18-5-4-15(24-2)11-17(16)18;11-7-5-3-1-2-4-6(5)8(12)10-9-7/h4-6,8,11,13-14,19-20,23H,3,7,9-10,12H2,1-2H3;1-4H,(H,9,11)(H,10,12)/t13-,14-,19-,20+;/m0./s1. The highest BCUT2D eigenvalue weighted by Crippen LogP contribution is 2.42. The maximum Gasteiger partial charge on any atom is 0.270 e. The second-order valence-corrected chi connectivity index (χ2v) is 9.70. The Morgan fingerprint density at radius 3 is 2.42 bits per heavy atom. The summed E-state index contributed by atoms with van der Waals surface area (Å²) in [4.78, 5) is 29.2. The van der Waals surface area contributed by atoms with Crippen molar-refractivity contribution >= 4 is 21.7 Å². The molecule has 1 unspecified atom stereocenters. The molecule has 2 aromatic heterocycles. The molecule has 36 heavy (non-hydrogen) atoms. The molecule has 3 fully saturated rings. The number of hydrogen-bond acceptors (Lipinski definition) is 6.